The van der Waals surface area contributed by atoms with Crippen LogP contribution in [0.4, 0.5) is 0 Å². The lowest BCUT2D eigenvalue weighted by molar-refractivity contribution is -0.277. The largest absolute Gasteiger partial charge is 0.504 e. The van der Waals surface area contributed by atoms with Gasteiger partial charge >= 0.3 is 0 Å². The number of guanidine groups is 1. The standard InChI is InChI=1S/C32H31N3O9/c33-32(34)35-19-12-13-42-14-20-26(38)28(40)29(41)31(43-20)44-30-21(19)18(11-10-15-6-2-1-3-7-15)22-23(27(30)39)25(37)17-9-5-4-8-16(17)24(22)36/h1-9,12-13,19-20,26,28-29,31,38-41H,10-11,14H2,(H4,33,34,35)/b13-12+/t19-,20+,26+,28-,29+,31-/m1/s1. The average molecular weight is 602 g/mol. The van der Waals surface area contributed by atoms with Gasteiger partial charge in [0, 0.05) is 22.3 Å². The molecular formula is C32H31N3O9. The number of hydrogen-bond acceptors (Lipinski definition) is 10. The van der Waals surface area contributed by atoms with Gasteiger partial charge in [0.25, 0.3) is 0 Å². The van der Waals surface area contributed by atoms with Crippen LogP contribution in [0.1, 0.15) is 54.6 Å². The van der Waals surface area contributed by atoms with E-state index in [1.165, 1.54) is 18.4 Å². The summed E-state index contributed by atoms with van der Waals surface area (Å²) in [6, 6.07) is 14.6. The highest BCUT2D eigenvalue weighted by molar-refractivity contribution is 6.30. The highest BCUT2D eigenvalue weighted by atomic mass is 16.7. The highest BCUT2D eigenvalue weighted by Gasteiger charge is 2.47. The van der Waals surface area contributed by atoms with Gasteiger partial charge in [-0.05, 0) is 30.0 Å². The monoisotopic (exact) mass is 601 g/mol. The topological polar surface area (TPSA) is 207 Å². The van der Waals surface area contributed by atoms with Crippen LogP contribution in [-0.4, -0.2) is 75.3 Å². The van der Waals surface area contributed by atoms with Crippen LogP contribution in [0.5, 0.6) is 11.5 Å². The molecule has 3 aromatic carbocycles. The number of nitrogens with two attached hydrogens (primary N) is 2. The number of aromatic hydroxyl groups is 1. The van der Waals surface area contributed by atoms with Crippen molar-refractivity contribution in [2.24, 2.45) is 16.5 Å². The van der Waals surface area contributed by atoms with Crippen molar-refractivity contribution in [1.29, 1.82) is 0 Å². The zero-order valence-corrected chi connectivity index (χ0v) is 23.4. The lowest BCUT2D eigenvalue weighted by Crippen LogP contribution is -2.60. The molecule has 3 aromatic rings. The van der Waals surface area contributed by atoms with Crippen molar-refractivity contribution < 1.29 is 44.2 Å². The molecular weight excluding hydrogens is 570 g/mol. The van der Waals surface area contributed by atoms with Crippen molar-refractivity contribution in [2.75, 3.05) is 6.61 Å². The van der Waals surface area contributed by atoms with Crippen LogP contribution >= 0.6 is 0 Å². The third-order valence-electron chi connectivity index (χ3n) is 8.05. The summed E-state index contributed by atoms with van der Waals surface area (Å²) in [5, 5.41) is 43.7. The van der Waals surface area contributed by atoms with Crippen LogP contribution in [0.2, 0.25) is 0 Å². The second kappa shape index (κ2) is 11.7. The lowest BCUT2D eigenvalue weighted by atomic mass is 9.77. The molecule has 228 valence electrons. The molecule has 1 aliphatic carbocycles. The van der Waals surface area contributed by atoms with Gasteiger partial charge in [-0.3, -0.25) is 9.59 Å². The summed E-state index contributed by atoms with van der Waals surface area (Å²) in [6.45, 7) is -0.248. The molecule has 2 heterocycles. The molecule has 0 amide bonds. The molecule has 12 heteroatoms. The molecule has 2 bridgehead atoms. The average Bonchev–Trinajstić information content (AvgIpc) is 3.05. The number of rotatable bonds is 4. The highest BCUT2D eigenvalue weighted by Crippen LogP contribution is 2.48. The van der Waals surface area contributed by atoms with Gasteiger partial charge in [0.15, 0.2) is 29.0 Å². The number of aliphatic hydroxyl groups excluding tert-OH is 3. The maximum absolute atomic E-state index is 14.1. The van der Waals surface area contributed by atoms with Crippen molar-refractivity contribution in [2.45, 2.75) is 49.6 Å². The molecule has 0 radical (unpaired) electrons. The fourth-order valence-corrected chi connectivity index (χ4v) is 5.92. The number of aliphatic hydroxyl groups is 3. The molecule has 0 spiro atoms. The molecule has 12 nitrogen and oxygen atoms in total. The Labute approximate surface area is 251 Å². The molecule has 6 atom stereocenters. The summed E-state index contributed by atoms with van der Waals surface area (Å²) < 4.78 is 17.5. The summed E-state index contributed by atoms with van der Waals surface area (Å²) in [4.78, 5) is 32.4. The molecule has 0 aromatic heterocycles. The third kappa shape index (κ3) is 5.07. The maximum Gasteiger partial charge on any atom is 0.229 e. The minimum atomic E-state index is -1.77. The zero-order valence-electron chi connectivity index (χ0n) is 23.4. The van der Waals surface area contributed by atoms with E-state index >= 15 is 0 Å². The van der Waals surface area contributed by atoms with Crippen LogP contribution in [0.15, 0.2) is 71.9 Å². The summed E-state index contributed by atoms with van der Waals surface area (Å²) in [5.74, 6) is -2.45. The van der Waals surface area contributed by atoms with Gasteiger partial charge in [-0.1, -0.05) is 54.6 Å². The number of fused-ring (bicyclic) bond motifs is 5. The first-order valence-corrected chi connectivity index (χ1v) is 14.0. The van der Waals surface area contributed by atoms with Crippen molar-refractivity contribution in [1.82, 2.24) is 0 Å². The fourth-order valence-electron chi connectivity index (χ4n) is 5.92. The Morgan fingerprint density at radius 3 is 2.20 bits per heavy atom. The van der Waals surface area contributed by atoms with Gasteiger partial charge in [0.05, 0.1) is 11.8 Å². The molecule has 3 aliphatic rings. The summed E-state index contributed by atoms with van der Waals surface area (Å²) in [5.41, 5.74) is 13.0. The van der Waals surface area contributed by atoms with Gasteiger partial charge in [0.1, 0.15) is 37.1 Å². The van der Waals surface area contributed by atoms with Crippen LogP contribution in [0.25, 0.3) is 0 Å². The fraction of sp³-hybridized carbons (Fsp3) is 0.281. The number of ketones is 2. The van der Waals surface area contributed by atoms with Crippen molar-refractivity contribution in [3.05, 3.63) is 106 Å². The van der Waals surface area contributed by atoms with Crippen molar-refractivity contribution >= 4 is 17.5 Å². The SMILES string of the molecule is NC(N)=N[C@@H]1/C=C/OC[C@@H]2O[C@H](Oc3c(O)c4c(c(CCc5ccccc5)c31)C(=O)c1ccccc1C4=O)[C@@H](O)[C@H](O)[C@H]2O. The van der Waals surface area contributed by atoms with Crippen LogP contribution in [0, 0.1) is 0 Å². The Bertz CT molecular complexity index is 1670. The van der Waals surface area contributed by atoms with E-state index in [2.05, 4.69) is 4.99 Å². The van der Waals surface area contributed by atoms with Gasteiger partial charge in [0.2, 0.25) is 6.29 Å². The Balaban J connectivity index is 1.64. The Hall–Kier alpha value is -4.75. The molecule has 6 rings (SSSR count). The number of benzene rings is 3. The number of aryl methyl sites for hydroxylation is 1. The van der Waals surface area contributed by atoms with E-state index in [4.69, 9.17) is 25.7 Å². The summed E-state index contributed by atoms with van der Waals surface area (Å²) >= 11 is 0. The minimum Gasteiger partial charge on any atom is -0.504 e. The number of aliphatic imine (C=N–C) groups is 1. The third-order valence-corrected chi connectivity index (χ3v) is 8.05. The molecule has 1 saturated heterocycles. The smallest absolute Gasteiger partial charge is 0.229 e. The molecule has 2 aliphatic heterocycles. The van der Waals surface area contributed by atoms with E-state index in [0.29, 0.717) is 12.0 Å². The number of phenols is 1. The van der Waals surface area contributed by atoms with Crippen LogP contribution in [-0.2, 0) is 22.3 Å². The van der Waals surface area contributed by atoms with Crippen molar-refractivity contribution in [3.63, 3.8) is 0 Å². The van der Waals surface area contributed by atoms with Crippen LogP contribution in [0.3, 0.4) is 0 Å². The number of carbonyl (C=O) groups is 2. The normalized spacial score (nSPS) is 26.5. The Morgan fingerprint density at radius 2 is 1.52 bits per heavy atom. The van der Waals surface area contributed by atoms with Gasteiger partial charge in [-0.2, -0.15) is 0 Å². The number of hydrogen-bond donors (Lipinski definition) is 6. The van der Waals surface area contributed by atoms with Crippen LogP contribution < -0.4 is 16.2 Å². The number of phenolic OH excluding ortho intramolecular Hbond substituents is 1. The van der Waals surface area contributed by atoms with E-state index in [9.17, 15) is 30.0 Å². The lowest BCUT2D eigenvalue weighted by Gasteiger charge is -2.40. The van der Waals surface area contributed by atoms with Gasteiger partial charge in [-0.25, -0.2) is 4.99 Å². The van der Waals surface area contributed by atoms with E-state index < -0.39 is 54.1 Å². The predicted molar refractivity (Wildman–Crippen MR) is 156 cm³/mol. The van der Waals surface area contributed by atoms with Gasteiger partial charge < -0.3 is 46.1 Å². The molecule has 1 fully saturated rings. The number of ether oxygens (including phenoxy) is 3. The molecule has 0 saturated carbocycles. The Morgan fingerprint density at radius 1 is 0.864 bits per heavy atom. The first-order chi connectivity index (χ1) is 21.2. The Kier molecular flexibility index (Phi) is 7.82. The number of nitrogens with zero attached hydrogens (tertiary/aromatic N) is 1. The quantitative estimate of drug-likeness (QED) is 0.144. The number of carbonyl (C=O) groups excluding carboxylic acids is 2. The van der Waals surface area contributed by atoms with E-state index in [0.717, 1.165) is 5.56 Å². The molecule has 0 unspecified atom stereocenters. The second-order valence-corrected chi connectivity index (χ2v) is 10.8. The minimum absolute atomic E-state index is 0.0251. The summed E-state index contributed by atoms with van der Waals surface area (Å²) in [6.07, 6.45) is -4.46. The van der Waals surface area contributed by atoms with E-state index in [1.807, 2.05) is 30.3 Å². The first kappa shape index (κ1) is 29.3. The van der Waals surface area contributed by atoms with E-state index in [1.54, 1.807) is 18.2 Å². The maximum atomic E-state index is 14.1. The second-order valence-electron chi connectivity index (χ2n) is 10.8. The van der Waals surface area contributed by atoms with Crippen molar-refractivity contribution in [3.8, 4) is 11.5 Å². The predicted octanol–water partition coefficient (Wildman–Crippen LogP) is 0.998. The zero-order chi connectivity index (χ0) is 31.1. The van der Waals surface area contributed by atoms with E-state index in [-0.39, 0.29) is 52.6 Å². The summed E-state index contributed by atoms with van der Waals surface area (Å²) in [7, 11) is 0. The van der Waals surface area contributed by atoms with Gasteiger partial charge in [-0.15, -0.1) is 0 Å². The molecule has 44 heavy (non-hydrogen) atoms. The molecule has 8 N–H and O–H groups in total. The first-order valence-electron chi connectivity index (χ1n) is 14.0.